The Hall–Kier alpha value is -4.06. The maximum absolute atomic E-state index is 13.6. The Labute approximate surface area is 215 Å². The van der Waals surface area contributed by atoms with Gasteiger partial charge in [-0.1, -0.05) is 66.2 Å². The van der Waals surface area contributed by atoms with E-state index in [1.54, 1.807) is 30.3 Å². The second-order valence-corrected chi connectivity index (χ2v) is 10.4. The van der Waals surface area contributed by atoms with E-state index in [1.807, 2.05) is 37.3 Å². The summed E-state index contributed by atoms with van der Waals surface area (Å²) in [6.45, 7) is 1.54. The number of imide groups is 1. The highest BCUT2D eigenvalue weighted by atomic mass is 16.5. The van der Waals surface area contributed by atoms with Crippen molar-refractivity contribution in [2.24, 2.45) is 23.7 Å². The molecular weight excluding hydrogens is 466 g/mol. The molecule has 3 fully saturated rings. The van der Waals surface area contributed by atoms with Gasteiger partial charge in [0.2, 0.25) is 11.8 Å². The number of esters is 1. The van der Waals surface area contributed by atoms with E-state index in [9.17, 15) is 19.2 Å². The average molecular weight is 494 g/mol. The van der Waals surface area contributed by atoms with E-state index in [-0.39, 0.29) is 59.4 Å². The largest absolute Gasteiger partial charge is 0.454 e. The molecule has 2 amide bonds. The highest BCUT2D eigenvalue weighted by Crippen LogP contribution is 2.61. The number of anilines is 1. The number of carbonyl (C=O) groups excluding carboxylic acids is 4. The summed E-state index contributed by atoms with van der Waals surface area (Å²) in [7, 11) is 0. The molecule has 37 heavy (non-hydrogen) atoms. The van der Waals surface area contributed by atoms with Crippen molar-refractivity contribution in [2.75, 3.05) is 11.5 Å². The van der Waals surface area contributed by atoms with Gasteiger partial charge in [-0.25, -0.2) is 4.79 Å². The minimum Gasteiger partial charge on any atom is -0.454 e. The number of rotatable bonds is 6. The number of benzene rings is 3. The number of ether oxygens (including phenoxy) is 1. The van der Waals surface area contributed by atoms with Crippen LogP contribution in [0, 0.1) is 30.6 Å². The van der Waals surface area contributed by atoms with Gasteiger partial charge in [-0.15, -0.1) is 0 Å². The SMILES string of the molecule is Cc1ccc(C(=O)COC(=O)c2cccc(N3C(=O)[C@@H]4[C@H]5C[C@@H]([C@@H]4C3=O)[C@@H](c3ccccc3)C5)c2)cc1. The zero-order valence-electron chi connectivity index (χ0n) is 20.5. The molecule has 6 nitrogen and oxygen atoms in total. The van der Waals surface area contributed by atoms with E-state index in [2.05, 4.69) is 12.1 Å². The predicted molar refractivity (Wildman–Crippen MR) is 137 cm³/mol. The van der Waals surface area contributed by atoms with Crippen LogP contribution in [0.3, 0.4) is 0 Å². The quantitative estimate of drug-likeness (QED) is 0.275. The maximum Gasteiger partial charge on any atom is 0.338 e. The highest BCUT2D eigenvalue weighted by molar-refractivity contribution is 6.23. The minimum absolute atomic E-state index is 0.153. The molecule has 0 radical (unpaired) electrons. The van der Waals surface area contributed by atoms with Gasteiger partial charge in [0, 0.05) is 5.56 Å². The predicted octanol–water partition coefficient (Wildman–Crippen LogP) is 4.96. The number of aryl methyl sites for hydroxylation is 1. The molecular formula is C31H27NO5. The molecule has 2 saturated carbocycles. The molecule has 6 heteroatoms. The van der Waals surface area contributed by atoms with Crippen LogP contribution >= 0.6 is 0 Å². The number of hydrogen-bond acceptors (Lipinski definition) is 5. The van der Waals surface area contributed by atoms with Gasteiger partial charge in [0.15, 0.2) is 12.4 Å². The highest BCUT2D eigenvalue weighted by Gasteiger charge is 2.64. The van der Waals surface area contributed by atoms with Gasteiger partial charge in [-0.05, 0) is 61.3 Å². The summed E-state index contributed by atoms with van der Waals surface area (Å²) in [5.74, 6) is -1.30. The third-order valence-electron chi connectivity index (χ3n) is 8.29. The molecule has 2 bridgehead atoms. The van der Waals surface area contributed by atoms with E-state index in [1.165, 1.54) is 16.5 Å². The molecule has 0 N–H and O–H groups in total. The molecule has 6 rings (SSSR count). The Kier molecular flexibility index (Phi) is 5.75. The van der Waals surface area contributed by atoms with Gasteiger partial charge in [-0.2, -0.15) is 0 Å². The van der Waals surface area contributed by atoms with Crippen molar-refractivity contribution in [3.8, 4) is 0 Å². The summed E-state index contributed by atoms with van der Waals surface area (Å²) in [5, 5.41) is 0. The van der Waals surface area contributed by atoms with E-state index in [0.717, 1.165) is 18.4 Å². The van der Waals surface area contributed by atoms with Crippen molar-refractivity contribution in [2.45, 2.75) is 25.7 Å². The van der Waals surface area contributed by atoms with Crippen LogP contribution in [-0.4, -0.2) is 30.2 Å². The van der Waals surface area contributed by atoms with Gasteiger partial charge in [0.05, 0.1) is 23.1 Å². The molecule has 3 aromatic carbocycles. The Morgan fingerprint density at radius 3 is 2.32 bits per heavy atom. The fourth-order valence-electron chi connectivity index (χ4n) is 6.61. The number of fused-ring (bicyclic) bond motifs is 5. The topological polar surface area (TPSA) is 80.8 Å². The molecule has 3 aliphatic rings. The van der Waals surface area contributed by atoms with Crippen molar-refractivity contribution in [3.05, 3.63) is 101 Å². The zero-order chi connectivity index (χ0) is 25.7. The number of Topliss-reactive ketones (excluding diaryl/α,β-unsaturated/α-hetero) is 1. The van der Waals surface area contributed by atoms with Gasteiger partial charge >= 0.3 is 5.97 Å². The first-order valence-electron chi connectivity index (χ1n) is 12.7. The zero-order valence-corrected chi connectivity index (χ0v) is 20.5. The molecule has 1 heterocycles. The number of ketones is 1. The van der Waals surface area contributed by atoms with Crippen LogP contribution in [0.25, 0.3) is 0 Å². The van der Waals surface area contributed by atoms with E-state index in [0.29, 0.717) is 11.3 Å². The van der Waals surface area contributed by atoms with Crippen molar-refractivity contribution in [1.29, 1.82) is 0 Å². The first kappa shape index (κ1) is 23.3. The molecule has 1 saturated heterocycles. The normalized spacial score (nSPS) is 25.9. The lowest BCUT2D eigenvalue weighted by Gasteiger charge is -2.28. The summed E-state index contributed by atoms with van der Waals surface area (Å²) in [6, 6.07) is 23.7. The number of hydrogen-bond donors (Lipinski definition) is 0. The van der Waals surface area contributed by atoms with E-state index in [4.69, 9.17) is 4.74 Å². The standard InChI is InChI=1S/C31H27NO5/c1-18-10-12-20(13-11-18)26(33)17-37-31(36)21-8-5-9-23(14-21)32-29(34)27-22-15-24(19-6-3-2-4-7-19)25(16-22)28(27)30(32)35/h2-14,22,24-25,27-28H,15-17H2,1H3/t22-,24-,25-,27-,28+/m1/s1. The molecule has 0 spiro atoms. The lowest BCUT2D eigenvalue weighted by atomic mass is 9.73. The third kappa shape index (κ3) is 3.97. The van der Waals surface area contributed by atoms with Crippen LogP contribution in [-0.2, 0) is 14.3 Å². The van der Waals surface area contributed by atoms with Crippen LogP contribution in [0.1, 0.15) is 50.6 Å². The van der Waals surface area contributed by atoms with Crippen LogP contribution in [0.5, 0.6) is 0 Å². The molecule has 0 unspecified atom stereocenters. The van der Waals surface area contributed by atoms with Crippen molar-refractivity contribution in [1.82, 2.24) is 0 Å². The number of carbonyl (C=O) groups is 4. The van der Waals surface area contributed by atoms with Gasteiger partial charge < -0.3 is 4.74 Å². The van der Waals surface area contributed by atoms with Crippen molar-refractivity contribution in [3.63, 3.8) is 0 Å². The van der Waals surface area contributed by atoms with Crippen molar-refractivity contribution < 1.29 is 23.9 Å². The molecule has 0 aromatic heterocycles. The summed E-state index contributed by atoms with van der Waals surface area (Å²) in [4.78, 5) is 53.4. The Morgan fingerprint density at radius 2 is 1.57 bits per heavy atom. The first-order chi connectivity index (χ1) is 17.9. The Morgan fingerprint density at radius 1 is 0.838 bits per heavy atom. The summed E-state index contributed by atoms with van der Waals surface area (Å²) in [6.07, 6.45) is 1.83. The smallest absolute Gasteiger partial charge is 0.338 e. The van der Waals surface area contributed by atoms with Crippen LogP contribution in [0.15, 0.2) is 78.9 Å². The average Bonchev–Trinajstić information content (AvgIpc) is 3.59. The maximum atomic E-state index is 13.6. The molecule has 186 valence electrons. The minimum atomic E-state index is -0.675. The van der Waals surface area contributed by atoms with Crippen molar-refractivity contribution >= 4 is 29.3 Å². The molecule has 2 aliphatic carbocycles. The van der Waals surface area contributed by atoms with Gasteiger partial charge in [0.1, 0.15) is 0 Å². The number of amides is 2. The monoisotopic (exact) mass is 493 g/mol. The Bertz CT molecular complexity index is 1400. The summed E-state index contributed by atoms with van der Waals surface area (Å²) in [5.41, 5.74) is 3.30. The van der Waals surface area contributed by atoms with Crippen LogP contribution < -0.4 is 4.90 Å². The Balaban J connectivity index is 1.18. The molecule has 5 atom stereocenters. The van der Waals surface area contributed by atoms with E-state index >= 15 is 0 Å². The second kappa shape index (κ2) is 9.11. The molecule has 1 aliphatic heterocycles. The lowest BCUT2D eigenvalue weighted by molar-refractivity contribution is -0.123. The van der Waals surface area contributed by atoms with Gasteiger partial charge in [0.25, 0.3) is 0 Å². The van der Waals surface area contributed by atoms with Crippen LogP contribution in [0.2, 0.25) is 0 Å². The summed E-state index contributed by atoms with van der Waals surface area (Å²) >= 11 is 0. The van der Waals surface area contributed by atoms with Crippen LogP contribution in [0.4, 0.5) is 5.69 Å². The summed E-state index contributed by atoms with van der Waals surface area (Å²) < 4.78 is 5.25. The number of nitrogens with zero attached hydrogens (tertiary/aromatic N) is 1. The fourth-order valence-corrected chi connectivity index (χ4v) is 6.61. The lowest BCUT2D eigenvalue weighted by Crippen LogP contribution is -2.33. The fraction of sp³-hybridized carbons (Fsp3) is 0.290. The first-order valence-corrected chi connectivity index (χ1v) is 12.7. The second-order valence-electron chi connectivity index (χ2n) is 10.4. The van der Waals surface area contributed by atoms with Gasteiger partial charge in [-0.3, -0.25) is 19.3 Å². The third-order valence-corrected chi connectivity index (χ3v) is 8.29. The molecule has 3 aromatic rings. The van der Waals surface area contributed by atoms with E-state index < -0.39 is 5.97 Å².